The van der Waals surface area contributed by atoms with Gasteiger partial charge in [-0.25, -0.2) is 0 Å². The first-order valence-corrected chi connectivity index (χ1v) is 15.2. The van der Waals surface area contributed by atoms with Gasteiger partial charge in [0.25, 0.3) is 0 Å². The molecule has 0 aromatic heterocycles. The molecule has 7 heteroatoms. The predicted octanol–water partition coefficient (Wildman–Crippen LogP) is 7.23. The summed E-state index contributed by atoms with van der Waals surface area (Å²) in [6.07, 6.45) is 17.3. The first-order chi connectivity index (χ1) is 17.7. The summed E-state index contributed by atoms with van der Waals surface area (Å²) in [6, 6.07) is 0. The molecule has 0 amide bonds. The molecule has 37 heavy (non-hydrogen) atoms. The Morgan fingerprint density at radius 3 is 1.00 bits per heavy atom. The number of rotatable bonds is 26. The largest absolute Gasteiger partial charge is 0.481 e. The highest BCUT2D eigenvalue weighted by molar-refractivity contribution is 5.71. The summed E-state index contributed by atoms with van der Waals surface area (Å²) in [7, 11) is 0. The molecule has 0 aliphatic rings. The molecule has 3 N–H and O–H groups in total. The first-order valence-electron chi connectivity index (χ1n) is 15.2. The van der Waals surface area contributed by atoms with E-state index >= 15 is 0 Å². The Kier molecular flexibility index (Phi) is 20.4. The van der Waals surface area contributed by atoms with Gasteiger partial charge < -0.3 is 19.8 Å². The molecule has 0 radical (unpaired) electrons. The number of hydrogen-bond acceptors (Lipinski definition) is 3. The summed E-state index contributed by atoms with van der Waals surface area (Å²) in [6.45, 7) is 9.25. The molecule has 218 valence electrons. The average Bonchev–Trinajstić information content (AvgIpc) is 2.86. The fraction of sp³-hybridized carbons (Fsp3) is 0.900. The zero-order chi connectivity index (χ0) is 28.1. The fourth-order valence-electron chi connectivity index (χ4n) is 5.51. The summed E-state index contributed by atoms with van der Waals surface area (Å²) in [4.78, 5) is 35.8. The molecule has 0 fully saturated rings. The molecule has 0 aliphatic heterocycles. The molecular weight excluding hydrogens is 470 g/mol. The Balaban J connectivity index is 5.08. The Hall–Kier alpha value is -1.63. The van der Waals surface area contributed by atoms with E-state index in [2.05, 4.69) is 6.92 Å². The number of nitrogens with zero attached hydrogens (tertiary/aromatic N) is 1. The second-order valence-electron chi connectivity index (χ2n) is 11.2. The highest BCUT2D eigenvalue weighted by Gasteiger charge is 2.40. The highest BCUT2D eigenvalue weighted by Crippen LogP contribution is 2.25. The van der Waals surface area contributed by atoms with E-state index < -0.39 is 35.7 Å². The Labute approximate surface area is 226 Å². The van der Waals surface area contributed by atoms with Crippen molar-refractivity contribution in [1.82, 2.24) is 0 Å². The van der Waals surface area contributed by atoms with E-state index in [0.717, 1.165) is 19.3 Å². The van der Waals surface area contributed by atoms with Gasteiger partial charge in [0.05, 0.1) is 26.2 Å². The van der Waals surface area contributed by atoms with Crippen LogP contribution in [0.5, 0.6) is 0 Å². The van der Waals surface area contributed by atoms with Crippen molar-refractivity contribution in [1.29, 1.82) is 0 Å². The monoisotopic (exact) mass is 528 g/mol. The Morgan fingerprint density at radius 1 is 0.486 bits per heavy atom. The van der Waals surface area contributed by atoms with Crippen LogP contribution in [0.25, 0.3) is 0 Å². The van der Waals surface area contributed by atoms with Gasteiger partial charge >= 0.3 is 17.9 Å². The van der Waals surface area contributed by atoms with E-state index in [4.69, 9.17) is 0 Å². The van der Waals surface area contributed by atoms with Gasteiger partial charge in [-0.05, 0) is 32.1 Å². The number of carboxylic acid groups (broad SMARTS) is 3. The molecular formula is C30H58NO6+. The van der Waals surface area contributed by atoms with Crippen LogP contribution in [0.15, 0.2) is 0 Å². The molecule has 0 spiro atoms. The van der Waals surface area contributed by atoms with E-state index in [1.54, 1.807) is 0 Å². The van der Waals surface area contributed by atoms with E-state index in [1.807, 2.05) is 20.8 Å². The number of hydrogen-bond donors (Lipinski definition) is 3. The van der Waals surface area contributed by atoms with Crippen LogP contribution in [-0.2, 0) is 14.4 Å². The third kappa shape index (κ3) is 16.0. The molecule has 0 rings (SSSR count). The number of carboxylic acids is 3. The topological polar surface area (TPSA) is 112 Å². The minimum absolute atomic E-state index is 0.262. The lowest BCUT2D eigenvalue weighted by molar-refractivity contribution is -0.935. The smallest absolute Gasteiger partial charge is 0.312 e. The van der Waals surface area contributed by atoms with Crippen LogP contribution in [0.2, 0.25) is 0 Å². The van der Waals surface area contributed by atoms with Crippen LogP contribution in [0, 0.1) is 17.8 Å². The minimum atomic E-state index is -0.887. The average molecular weight is 529 g/mol. The van der Waals surface area contributed by atoms with Crippen molar-refractivity contribution in [2.24, 2.45) is 17.8 Å². The Morgan fingerprint density at radius 2 is 0.757 bits per heavy atom. The fourth-order valence-corrected chi connectivity index (χ4v) is 5.51. The molecule has 3 atom stereocenters. The van der Waals surface area contributed by atoms with Crippen molar-refractivity contribution in [3.63, 3.8) is 0 Å². The molecule has 0 bridgehead atoms. The van der Waals surface area contributed by atoms with Crippen LogP contribution in [0.4, 0.5) is 0 Å². The van der Waals surface area contributed by atoms with E-state index in [1.165, 1.54) is 64.2 Å². The normalized spacial score (nSPS) is 15.6. The second kappa shape index (κ2) is 21.3. The van der Waals surface area contributed by atoms with Crippen LogP contribution < -0.4 is 0 Å². The van der Waals surface area contributed by atoms with Crippen molar-refractivity contribution < 1.29 is 34.2 Å². The van der Waals surface area contributed by atoms with Gasteiger partial charge in [-0.2, -0.15) is 0 Å². The summed E-state index contributed by atoms with van der Waals surface area (Å²) in [5.74, 6) is -4.50. The number of quaternary nitrogens is 1. The molecule has 0 aromatic carbocycles. The van der Waals surface area contributed by atoms with E-state index in [0.29, 0.717) is 25.8 Å². The summed E-state index contributed by atoms with van der Waals surface area (Å²) >= 11 is 0. The predicted molar refractivity (Wildman–Crippen MR) is 150 cm³/mol. The van der Waals surface area contributed by atoms with Crippen molar-refractivity contribution >= 4 is 17.9 Å². The van der Waals surface area contributed by atoms with Gasteiger partial charge in [-0.1, -0.05) is 98.3 Å². The standard InChI is InChI=1S/C30H57NO6/c1-5-9-10-11-12-13-14-15-16-17-18-19-20-21-31(22-25(6-2)28(32)33,23-26(7-3)29(34)35)24-27(8-4)30(36)37/h25-27H,5-24H2,1-4H3,(H2-,32,33,34,35,36,37)/p+1. The molecule has 3 unspecified atom stereocenters. The van der Waals surface area contributed by atoms with E-state index in [-0.39, 0.29) is 24.1 Å². The van der Waals surface area contributed by atoms with Gasteiger partial charge in [0, 0.05) is 0 Å². The number of unbranched alkanes of at least 4 members (excludes halogenated alkanes) is 12. The third-order valence-electron chi connectivity index (χ3n) is 8.09. The second-order valence-corrected chi connectivity index (χ2v) is 11.2. The van der Waals surface area contributed by atoms with Crippen molar-refractivity contribution in [3.05, 3.63) is 0 Å². The molecule has 7 nitrogen and oxygen atoms in total. The van der Waals surface area contributed by atoms with Crippen molar-refractivity contribution in [3.8, 4) is 0 Å². The number of aliphatic carboxylic acids is 3. The maximum atomic E-state index is 11.9. The number of carbonyl (C=O) groups is 3. The quantitative estimate of drug-likeness (QED) is 0.0806. The van der Waals surface area contributed by atoms with Crippen LogP contribution in [0.1, 0.15) is 130 Å². The lowest BCUT2D eigenvalue weighted by atomic mass is 9.95. The van der Waals surface area contributed by atoms with Gasteiger partial charge in [-0.15, -0.1) is 0 Å². The lowest BCUT2D eigenvalue weighted by Gasteiger charge is -2.43. The van der Waals surface area contributed by atoms with Gasteiger partial charge in [-0.3, -0.25) is 14.4 Å². The zero-order valence-electron chi connectivity index (χ0n) is 24.4. The zero-order valence-corrected chi connectivity index (χ0v) is 24.4. The lowest BCUT2D eigenvalue weighted by Crippen LogP contribution is -2.58. The molecule has 0 aromatic rings. The molecule has 0 aliphatic carbocycles. The molecule has 0 saturated heterocycles. The van der Waals surface area contributed by atoms with Crippen molar-refractivity contribution in [2.75, 3.05) is 26.2 Å². The highest BCUT2D eigenvalue weighted by atomic mass is 16.4. The minimum Gasteiger partial charge on any atom is -0.481 e. The van der Waals surface area contributed by atoms with Crippen LogP contribution in [-0.4, -0.2) is 63.9 Å². The van der Waals surface area contributed by atoms with Crippen LogP contribution >= 0.6 is 0 Å². The van der Waals surface area contributed by atoms with Gasteiger partial charge in [0.2, 0.25) is 0 Å². The summed E-state index contributed by atoms with van der Waals surface area (Å²) in [5.41, 5.74) is 0. The summed E-state index contributed by atoms with van der Waals surface area (Å²) < 4.78 is 0.262. The van der Waals surface area contributed by atoms with Gasteiger partial charge in [0.1, 0.15) is 17.8 Å². The molecule has 0 heterocycles. The Bertz CT molecular complexity index is 563. The summed E-state index contributed by atoms with van der Waals surface area (Å²) in [5, 5.41) is 29.3. The van der Waals surface area contributed by atoms with E-state index in [9.17, 15) is 29.7 Å². The van der Waals surface area contributed by atoms with Crippen LogP contribution in [0.3, 0.4) is 0 Å². The third-order valence-corrected chi connectivity index (χ3v) is 8.09. The first kappa shape index (κ1) is 35.4. The maximum Gasteiger partial charge on any atom is 0.312 e. The van der Waals surface area contributed by atoms with Crippen molar-refractivity contribution in [2.45, 2.75) is 130 Å². The maximum absolute atomic E-state index is 11.9. The van der Waals surface area contributed by atoms with Gasteiger partial charge in [0.15, 0.2) is 0 Å². The molecule has 0 saturated carbocycles. The SMILES string of the molecule is CCCCCCCCCCCCCCC[N+](CC(CC)C(=O)O)(CC(CC)C(=O)O)CC(CC)C(=O)O.